The van der Waals surface area contributed by atoms with Gasteiger partial charge in [-0.3, -0.25) is 9.69 Å². The summed E-state index contributed by atoms with van der Waals surface area (Å²) in [6, 6.07) is 24.0. The Morgan fingerprint density at radius 2 is 1.70 bits per heavy atom. The Morgan fingerprint density at radius 3 is 2.51 bits per heavy atom. The number of halogens is 1. The Labute approximate surface area is 222 Å². The quantitative estimate of drug-likeness (QED) is 0.422. The van der Waals surface area contributed by atoms with E-state index in [2.05, 4.69) is 35.2 Å². The van der Waals surface area contributed by atoms with Crippen molar-refractivity contribution in [2.24, 2.45) is 11.0 Å². The molecule has 1 atom stereocenters. The monoisotopic (exact) mass is 515 g/mol. The van der Waals surface area contributed by atoms with Crippen LogP contribution >= 0.6 is 11.6 Å². The van der Waals surface area contributed by atoms with Gasteiger partial charge in [-0.05, 0) is 67.6 Å². The van der Waals surface area contributed by atoms with Gasteiger partial charge in [0.05, 0.1) is 18.3 Å². The summed E-state index contributed by atoms with van der Waals surface area (Å²) in [6.45, 7) is 2.42. The van der Waals surface area contributed by atoms with E-state index >= 15 is 0 Å². The SMILES string of the molecule is O=C(CN1CCC(Cc2ccccc2)CC1)N1N=C(c2ccccc2Cl)C[C@H]1c1ccc2c(c1)OCO2. The lowest BCUT2D eigenvalue weighted by molar-refractivity contribution is -0.134. The maximum Gasteiger partial charge on any atom is 0.257 e. The fraction of sp³-hybridized carbons (Fsp3) is 0.333. The van der Waals surface area contributed by atoms with Crippen LogP contribution in [-0.2, 0) is 11.2 Å². The van der Waals surface area contributed by atoms with Crippen LogP contribution in [0.5, 0.6) is 11.5 Å². The molecular weight excluding hydrogens is 486 g/mol. The van der Waals surface area contributed by atoms with Crippen LogP contribution < -0.4 is 9.47 Å². The van der Waals surface area contributed by atoms with Crippen LogP contribution in [0, 0.1) is 5.92 Å². The maximum absolute atomic E-state index is 13.7. The number of likely N-dealkylation sites (tertiary alicyclic amines) is 1. The van der Waals surface area contributed by atoms with E-state index in [1.807, 2.05) is 42.5 Å². The van der Waals surface area contributed by atoms with Gasteiger partial charge in [0.1, 0.15) is 0 Å². The van der Waals surface area contributed by atoms with Crippen LogP contribution in [0.4, 0.5) is 0 Å². The largest absolute Gasteiger partial charge is 0.454 e. The highest BCUT2D eigenvalue weighted by atomic mass is 35.5. The van der Waals surface area contributed by atoms with E-state index in [4.69, 9.17) is 26.2 Å². The van der Waals surface area contributed by atoms with Crippen LogP contribution in [0.2, 0.25) is 5.02 Å². The van der Waals surface area contributed by atoms with Crippen molar-refractivity contribution in [2.75, 3.05) is 26.4 Å². The lowest BCUT2D eigenvalue weighted by Crippen LogP contribution is -2.42. The Hall–Kier alpha value is -3.35. The zero-order valence-corrected chi connectivity index (χ0v) is 21.4. The molecule has 3 heterocycles. The first-order valence-corrected chi connectivity index (χ1v) is 13.3. The number of benzene rings is 3. The third-order valence-corrected chi connectivity index (χ3v) is 7.89. The first kappa shape index (κ1) is 24.0. The van der Waals surface area contributed by atoms with Crippen LogP contribution in [0.15, 0.2) is 77.9 Å². The predicted molar refractivity (Wildman–Crippen MR) is 144 cm³/mol. The summed E-state index contributed by atoms with van der Waals surface area (Å²) >= 11 is 6.50. The van der Waals surface area contributed by atoms with Gasteiger partial charge in [0.25, 0.3) is 5.91 Å². The Balaban J connectivity index is 1.17. The standard InChI is InChI=1S/C30H30ClN3O3/c31-25-9-5-4-8-24(25)26-18-27(23-10-11-28-29(17-23)37-20-36-28)34(32-26)30(35)19-33-14-12-22(13-15-33)16-21-6-2-1-3-7-21/h1-11,17,22,27H,12-16,18-20H2/t27-/m0/s1. The Kier molecular flexibility index (Phi) is 6.85. The smallest absolute Gasteiger partial charge is 0.257 e. The van der Waals surface area contributed by atoms with Gasteiger partial charge in [-0.1, -0.05) is 66.2 Å². The number of hydrogen-bond donors (Lipinski definition) is 0. The fourth-order valence-corrected chi connectivity index (χ4v) is 5.78. The lowest BCUT2D eigenvalue weighted by Gasteiger charge is -2.33. The van der Waals surface area contributed by atoms with Crippen molar-refractivity contribution in [2.45, 2.75) is 31.7 Å². The molecule has 3 aromatic rings. The van der Waals surface area contributed by atoms with Gasteiger partial charge in [-0.25, -0.2) is 5.01 Å². The number of rotatable bonds is 6. The summed E-state index contributed by atoms with van der Waals surface area (Å²) in [4.78, 5) is 15.9. The van der Waals surface area contributed by atoms with E-state index in [1.54, 1.807) is 5.01 Å². The predicted octanol–water partition coefficient (Wildman–Crippen LogP) is 5.70. The van der Waals surface area contributed by atoms with Crippen molar-refractivity contribution < 1.29 is 14.3 Å². The molecule has 3 aliphatic rings. The number of nitrogens with zero attached hydrogens (tertiary/aromatic N) is 3. The third-order valence-electron chi connectivity index (χ3n) is 7.57. The van der Waals surface area contributed by atoms with E-state index in [0.717, 1.165) is 54.9 Å². The summed E-state index contributed by atoms with van der Waals surface area (Å²) < 4.78 is 11.1. The molecule has 7 heteroatoms. The molecule has 0 radical (unpaired) electrons. The minimum absolute atomic E-state index is 0.00577. The van der Waals surface area contributed by atoms with Crippen molar-refractivity contribution in [3.05, 3.63) is 94.5 Å². The average Bonchev–Trinajstić information content (AvgIpc) is 3.58. The number of ether oxygens (including phenoxy) is 2. The normalized spacial score (nSPS) is 19.8. The minimum Gasteiger partial charge on any atom is -0.454 e. The topological polar surface area (TPSA) is 54.4 Å². The third kappa shape index (κ3) is 5.22. The van der Waals surface area contributed by atoms with E-state index in [0.29, 0.717) is 29.7 Å². The molecule has 3 aromatic carbocycles. The molecule has 0 spiro atoms. The highest BCUT2D eigenvalue weighted by Crippen LogP contribution is 2.40. The molecule has 0 unspecified atom stereocenters. The van der Waals surface area contributed by atoms with Crippen LogP contribution in [0.1, 0.15) is 42.0 Å². The van der Waals surface area contributed by atoms with E-state index in [1.165, 1.54) is 5.56 Å². The second-order valence-electron chi connectivity index (χ2n) is 10.0. The van der Waals surface area contributed by atoms with Gasteiger partial charge >= 0.3 is 0 Å². The number of hydrogen-bond acceptors (Lipinski definition) is 5. The molecule has 37 heavy (non-hydrogen) atoms. The molecule has 0 aliphatic carbocycles. The molecule has 3 aliphatic heterocycles. The molecule has 6 nitrogen and oxygen atoms in total. The number of piperidine rings is 1. The maximum atomic E-state index is 13.7. The lowest BCUT2D eigenvalue weighted by atomic mass is 9.90. The molecule has 1 fully saturated rings. The molecule has 1 saturated heterocycles. The highest BCUT2D eigenvalue weighted by molar-refractivity contribution is 6.34. The molecule has 0 aromatic heterocycles. The summed E-state index contributed by atoms with van der Waals surface area (Å²) in [5, 5.41) is 7.12. The van der Waals surface area contributed by atoms with E-state index < -0.39 is 0 Å². The van der Waals surface area contributed by atoms with Gasteiger partial charge in [0.15, 0.2) is 11.5 Å². The number of carbonyl (C=O) groups is 1. The molecule has 0 N–H and O–H groups in total. The molecule has 0 saturated carbocycles. The van der Waals surface area contributed by atoms with Crippen molar-refractivity contribution in [1.29, 1.82) is 0 Å². The molecular formula is C30H30ClN3O3. The summed E-state index contributed by atoms with van der Waals surface area (Å²) in [6.07, 6.45) is 3.89. The zero-order valence-electron chi connectivity index (χ0n) is 20.7. The van der Waals surface area contributed by atoms with Gasteiger partial charge in [-0.2, -0.15) is 5.10 Å². The zero-order chi connectivity index (χ0) is 25.2. The molecule has 1 amide bonds. The number of hydrazone groups is 1. The first-order chi connectivity index (χ1) is 18.1. The second-order valence-corrected chi connectivity index (χ2v) is 10.4. The van der Waals surface area contributed by atoms with Gasteiger partial charge < -0.3 is 9.47 Å². The molecule has 0 bridgehead atoms. The Bertz CT molecular complexity index is 1300. The van der Waals surface area contributed by atoms with Crippen molar-refractivity contribution in [3.8, 4) is 11.5 Å². The van der Waals surface area contributed by atoms with Crippen molar-refractivity contribution in [1.82, 2.24) is 9.91 Å². The van der Waals surface area contributed by atoms with Gasteiger partial charge in [-0.15, -0.1) is 0 Å². The average molecular weight is 516 g/mol. The first-order valence-electron chi connectivity index (χ1n) is 12.9. The number of carbonyl (C=O) groups excluding carboxylic acids is 1. The highest BCUT2D eigenvalue weighted by Gasteiger charge is 2.35. The summed E-state index contributed by atoms with van der Waals surface area (Å²) in [5.41, 5.74) is 4.06. The van der Waals surface area contributed by atoms with Crippen molar-refractivity contribution in [3.63, 3.8) is 0 Å². The second kappa shape index (κ2) is 10.6. The Morgan fingerprint density at radius 1 is 0.946 bits per heavy atom. The fourth-order valence-electron chi connectivity index (χ4n) is 5.54. The number of fused-ring (bicyclic) bond motifs is 1. The van der Waals surface area contributed by atoms with Gasteiger partial charge in [0.2, 0.25) is 6.79 Å². The van der Waals surface area contributed by atoms with Crippen LogP contribution in [0.3, 0.4) is 0 Å². The van der Waals surface area contributed by atoms with E-state index in [9.17, 15) is 4.79 Å². The van der Waals surface area contributed by atoms with Crippen LogP contribution in [0.25, 0.3) is 0 Å². The van der Waals surface area contributed by atoms with Crippen molar-refractivity contribution >= 4 is 23.2 Å². The number of amides is 1. The molecule has 6 rings (SSSR count). The summed E-state index contributed by atoms with van der Waals surface area (Å²) in [7, 11) is 0. The van der Waals surface area contributed by atoms with Gasteiger partial charge in [0, 0.05) is 17.0 Å². The summed E-state index contributed by atoms with van der Waals surface area (Å²) in [5.74, 6) is 2.10. The minimum atomic E-state index is -0.219. The molecule has 190 valence electrons. The van der Waals surface area contributed by atoms with Crippen LogP contribution in [-0.4, -0.2) is 48.0 Å². The van der Waals surface area contributed by atoms with E-state index in [-0.39, 0.29) is 18.7 Å².